The van der Waals surface area contributed by atoms with Crippen LogP contribution in [0.25, 0.3) is 20.8 Å². The summed E-state index contributed by atoms with van der Waals surface area (Å²) in [6.07, 6.45) is -0.824. The molecule has 1 fully saturated rings. The molecule has 4 rings (SSSR count). The van der Waals surface area contributed by atoms with Crippen molar-refractivity contribution in [1.29, 1.82) is 0 Å². The monoisotopic (exact) mass is 477 g/mol. The van der Waals surface area contributed by atoms with E-state index in [1.165, 1.54) is 11.3 Å². The lowest BCUT2D eigenvalue weighted by Gasteiger charge is -2.26. The van der Waals surface area contributed by atoms with Gasteiger partial charge >= 0.3 is 0 Å². The van der Waals surface area contributed by atoms with Crippen molar-refractivity contribution in [3.63, 3.8) is 0 Å². The van der Waals surface area contributed by atoms with Crippen molar-refractivity contribution in [3.8, 4) is 10.6 Å². The highest BCUT2D eigenvalue weighted by Gasteiger charge is 2.41. The van der Waals surface area contributed by atoms with Crippen molar-refractivity contribution < 1.29 is 15.3 Å². The molecule has 0 radical (unpaired) electrons. The lowest BCUT2D eigenvalue weighted by atomic mass is 10.0. The molecule has 3 aromatic rings. The quantitative estimate of drug-likeness (QED) is 0.327. The maximum atomic E-state index is 10.5. The molecule has 10 heteroatoms. The third-order valence-corrected chi connectivity index (χ3v) is 7.39. The number of anilines is 2. The molecule has 0 spiro atoms. The van der Waals surface area contributed by atoms with E-state index in [0.717, 1.165) is 16.6 Å². The SMILES string of the molecule is CCC(C)(C)Nc1nc(Cl)c(-c2nc3ccccc3s2)c(N[C@@H]2C[C@H](CO)[C@@H](O)[C@H]2O)n1. The minimum atomic E-state index is -1.05. The smallest absolute Gasteiger partial charge is 0.226 e. The summed E-state index contributed by atoms with van der Waals surface area (Å²) in [6.45, 7) is 5.95. The van der Waals surface area contributed by atoms with Gasteiger partial charge in [-0.25, -0.2) is 9.97 Å². The van der Waals surface area contributed by atoms with Gasteiger partial charge in [-0.2, -0.15) is 4.98 Å². The number of aliphatic hydroxyl groups excluding tert-OH is 3. The Morgan fingerprint density at radius 3 is 2.56 bits per heavy atom. The molecule has 1 saturated carbocycles. The summed E-state index contributed by atoms with van der Waals surface area (Å²) >= 11 is 8.14. The molecule has 5 N–H and O–H groups in total. The van der Waals surface area contributed by atoms with E-state index in [4.69, 9.17) is 16.6 Å². The summed E-state index contributed by atoms with van der Waals surface area (Å²) in [5.74, 6) is 0.372. The Labute approximate surface area is 195 Å². The molecular formula is C22H28ClN5O3S. The number of para-hydroxylation sites is 1. The Kier molecular flexibility index (Phi) is 6.56. The van der Waals surface area contributed by atoms with Crippen LogP contribution in [-0.4, -0.2) is 60.7 Å². The first-order valence-corrected chi connectivity index (χ1v) is 11.9. The molecule has 0 amide bonds. The van der Waals surface area contributed by atoms with Crippen LogP contribution in [0.15, 0.2) is 24.3 Å². The first-order valence-electron chi connectivity index (χ1n) is 10.7. The zero-order valence-electron chi connectivity index (χ0n) is 18.2. The molecule has 0 saturated heterocycles. The third-order valence-electron chi connectivity index (χ3n) is 6.07. The number of nitrogens with one attached hydrogen (secondary N) is 2. The first kappa shape index (κ1) is 23.1. The largest absolute Gasteiger partial charge is 0.396 e. The zero-order chi connectivity index (χ0) is 23.0. The molecule has 8 nitrogen and oxygen atoms in total. The van der Waals surface area contributed by atoms with Crippen molar-refractivity contribution in [1.82, 2.24) is 15.0 Å². The average Bonchev–Trinajstić information content (AvgIpc) is 3.29. The number of nitrogens with zero attached hydrogens (tertiary/aromatic N) is 3. The normalized spacial score (nSPS) is 23.6. The van der Waals surface area contributed by atoms with Gasteiger partial charge in [0.1, 0.15) is 22.1 Å². The van der Waals surface area contributed by atoms with Crippen LogP contribution in [0.5, 0.6) is 0 Å². The van der Waals surface area contributed by atoms with E-state index in [-0.39, 0.29) is 17.3 Å². The molecule has 0 aliphatic heterocycles. The van der Waals surface area contributed by atoms with Gasteiger partial charge in [0.15, 0.2) is 0 Å². The van der Waals surface area contributed by atoms with Gasteiger partial charge in [0.25, 0.3) is 0 Å². The Morgan fingerprint density at radius 1 is 1.16 bits per heavy atom. The van der Waals surface area contributed by atoms with Crippen molar-refractivity contribution in [2.75, 3.05) is 17.2 Å². The van der Waals surface area contributed by atoms with Gasteiger partial charge in [-0.15, -0.1) is 11.3 Å². The van der Waals surface area contributed by atoms with E-state index in [0.29, 0.717) is 28.8 Å². The van der Waals surface area contributed by atoms with Crippen LogP contribution in [0.2, 0.25) is 5.15 Å². The molecule has 2 heterocycles. The standard InChI is InChI=1S/C22H28ClN5O3S/c1-4-22(2,3)28-21-26-18(23)15(20-25-12-7-5-6-8-14(12)32-20)19(27-21)24-13-9-11(10-29)16(30)17(13)31/h5-8,11,13,16-17,29-31H,4,9-10H2,1-3H3,(H2,24,26,27,28)/t11-,13-,16-,17+/m1/s1. The molecule has 1 aliphatic rings. The molecule has 0 unspecified atom stereocenters. The van der Waals surface area contributed by atoms with Crippen LogP contribution in [-0.2, 0) is 0 Å². The Hall–Kier alpha value is -2.04. The Balaban J connectivity index is 1.78. The van der Waals surface area contributed by atoms with Crippen LogP contribution in [0.1, 0.15) is 33.6 Å². The lowest BCUT2D eigenvalue weighted by molar-refractivity contribution is 0.00446. The fourth-order valence-corrected chi connectivity index (χ4v) is 5.11. The number of fused-ring (bicyclic) bond motifs is 1. The fourth-order valence-electron chi connectivity index (χ4n) is 3.78. The number of halogens is 1. The first-order chi connectivity index (χ1) is 15.2. The summed E-state index contributed by atoms with van der Waals surface area (Å²) in [5, 5.41) is 37.8. The zero-order valence-corrected chi connectivity index (χ0v) is 19.8. The Bertz CT molecular complexity index is 1080. The molecule has 2 aromatic heterocycles. The molecule has 172 valence electrons. The van der Waals surface area contributed by atoms with Gasteiger partial charge in [0.2, 0.25) is 5.95 Å². The van der Waals surface area contributed by atoms with Gasteiger partial charge in [-0.1, -0.05) is 30.7 Å². The van der Waals surface area contributed by atoms with Crippen LogP contribution in [0, 0.1) is 5.92 Å². The molecule has 1 aromatic carbocycles. The summed E-state index contributed by atoms with van der Waals surface area (Å²) < 4.78 is 1.01. The minimum absolute atomic E-state index is 0.205. The highest BCUT2D eigenvalue weighted by Crippen LogP contribution is 2.40. The second-order valence-electron chi connectivity index (χ2n) is 8.82. The second kappa shape index (κ2) is 9.07. The van der Waals surface area contributed by atoms with Gasteiger partial charge in [0, 0.05) is 18.1 Å². The number of hydrogen-bond acceptors (Lipinski definition) is 9. The average molecular weight is 478 g/mol. The third kappa shape index (κ3) is 4.53. The maximum absolute atomic E-state index is 10.5. The van der Waals surface area contributed by atoms with Gasteiger partial charge < -0.3 is 26.0 Å². The number of hydrogen-bond donors (Lipinski definition) is 5. The molecule has 4 atom stereocenters. The van der Waals surface area contributed by atoms with Crippen molar-refractivity contribution in [3.05, 3.63) is 29.4 Å². The Morgan fingerprint density at radius 2 is 1.91 bits per heavy atom. The fraction of sp³-hybridized carbons (Fsp3) is 0.500. The molecule has 32 heavy (non-hydrogen) atoms. The van der Waals surface area contributed by atoms with Crippen molar-refractivity contribution >= 4 is 44.9 Å². The number of thiazole rings is 1. The van der Waals surface area contributed by atoms with Crippen LogP contribution in [0.3, 0.4) is 0 Å². The van der Waals surface area contributed by atoms with Crippen LogP contribution >= 0.6 is 22.9 Å². The molecule has 0 bridgehead atoms. The van der Waals surface area contributed by atoms with Gasteiger partial charge in [-0.3, -0.25) is 0 Å². The van der Waals surface area contributed by atoms with E-state index in [2.05, 4.69) is 27.5 Å². The number of aromatic nitrogens is 3. The van der Waals surface area contributed by atoms with Crippen LogP contribution in [0.4, 0.5) is 11.8 Å². The highest BCUT2D eigenvalue weighted by atomic mass is 35.5. The minimum Gasteiger partial charge on any atom is -0.396 e. The highest BCUT2D eigenvalue weighted by molar-refractivity contribution is 7.21. The summed E-state index contributed by atoms with van der Waals surface area (Å²) in [7, 11) is 0. The van der Waals surface area contributed by atoms with E-state index in [9.17, 15) is 15.3 Å². The summed E-state index contributed by atoms with van der Waals surface area (Å²) in [5.41, 5.74) is 1.14. The van der Waals surface area contributed by atoms with E-state index < -0.39 is 24.2 Å². The van der Waals surface area contributed by atoms with Crippen LogP contribution < -0.4 is 10.6 Å². The summed E-state index contributed by atoms with van der Waals surface area (Å²) in [4.78, 5) is 13.9. The van der Waals surface area contributed by atoms with E-state index >= 15 is 0 Å². The topological polar surface area (TPSA) is 123 Å². The van der Waals surface area contributed by atoms with E-state index in [1.54, 1.807) is 0 Å². The molecular weight excluding hydrogens is 450 g/mol. The predicted molar refractivity (Wildman–Crippen MR) is 128 cm³/mol. The van der Waals surface area contributed by atoms with Crippen molar-refractivity contribution in [2.45, 2.75) is 57.4 Å². The molecule has 1 aliphatic carbocycles. The predicted octanol–water partition coefficient (Wildman–Crippen LogP) is 3.52. The van der Waals surface area contributed by atoms with E-state index in [1.807, 2.05) is 38.1 Å². The van der Waals surface area contributed by atoms with Gasteiger partial charge in [-0.05, 0) is 38.8 Å². The number of aliphatic hydroxyl groups is 3. The second-order valence-corrected chi connectivity index (χ2v) is 10.2. The number of benzene rings is 1. The maximum Gasteiger partial charge on any atom is 0.226 e. The summed E-state index contributed by atoms with van der Waals surface area (Å²) in [6, 6.07) is 7.29. The van der Waals surface area contributed by atoms with Gasteiger partial charge in [0.05, 0.1) is 27.9 Å². The lowest BCUT2D eigenvalue weighted by Crippen LogP contribution is -2.36. The number of rotatable bonds is 7. The van der Waals surface area contributed by atoms with Crippen molar-refractivity contribution in [2.24, 2.45) is 5.92 Å².